The van der Waals surface area contributed by atoms with Crippen LogP contribution < -0.4 is 15.0 Å². The number of benzene rings is 1. The van der Waals surface area contributed by atoms with Crippen molar-refractivity contribution in [2.45, 2.75) is 13.5 Å². The highest BCUT2D eigenvalue weighted by molar-refractivity contribution is 6.32. The Labute approximate surface area is 100 Å². The minimum Gasteiger partial charge on any atom is -0.493 e. The number of methoxy groups -OCH3 is 2. The van der Waals surface area contributed by atoms with Gasteiger partial charge >= 0.3 is 0 Å². The van der Waals surface area contributed by atoms with Crippen molar-refractivity contribution in [3.63, 3.8) is 0 Å². The maximum atomic E-state index is 6.05. The van der Waals surface area contributed by atoms with E-state index in [1.54, 1.807) is 14.2 Å². The topological polar surface area (TPSA) is 39.7 Å². The summed E-state index contributed by atoms with van der Waals surface area (Å²) in [5.74, 6) is 1.16. The Kier molecular flexibility index (Phi) is 5.38. The molecule has 4 nitrogen and oxygen atoms in total. The molecule has 16 heavy (non-hydrogen) atoms. The van der Waals surface area contributed by atoms with Crippen molar-refractivity contribution in [3.05, 3.63) is 22.7 Å². The molecule has 0 spiro atoms. The Morgan fingerprint density at radius 3 is 2.56 bits per heavy atom. The summed E-state index contributed by atoms with van der Waals surface area (Å²) < 4.78 is 10.3. The summed E-state index contributed by atoms with van der Waals surface area (Å²) in [6, 6.07) is 3.67. The molecule has 0 saturated heterocycles. The first kappa shape index (κ1) is 13.1. The fraction of sp³-hybridized carbons (Fsp3) is 0.455. The lowest BCUT2D eigenvalue weighted by atomic mass is 10.2. The molecule has 0 aliphatic carbocycles. The summed E-state index contributed by atoms with van der Waals surface area (Å²) in [6.07, 6.45) is 0. The predicted molar refractivity (Wildman–Crippen MR) is 63.0 cm³/mol. The van der Waals surface area contributed by atoms with Crippen LogP contribution in [0.3, 0.4) is 0 Å². The smallest absolute Gasteiger partial charge is 0.179 e. The quantitative estimate of drug-likeness (QED) is 0.617. The van der Waals surface area contributed by atoms with Gasteiger partial charge in [-0.05, 0) is 24.6 Å². The average Bonchev–Trinajstić information content (AvgIpc) is 2.28. The van der Waals surface area contributed by atoms with Gasteiger partial charge in [0, 0.05) is 6.54 Å². The molecule has 0 bridgehead atoms. The largest absolute Gasteiger partial charge is 0.493 e. The molecule has 1 aromatic rings. The highest BCUT2D eigenvalue weighted by Crippen LogP contribution is 2.35. The molecule has 0 aromatic heterocycles. The molecule has 0 aliphatic rings. The van der Waals surface area contributed by atoms with Crippen LogP contribution in [0.15, 0.2) is 12.1 Å². The lowest BCUT2D eigenvalue weighted by Gasteiger charge is -2.12. The number of nitrogens with one attached hydrogen (secondary N) is 1. The Morgan fingerprint density at radius 2 is 2.00 bits per heavy atom. The first-order valence-corrected chi connectivity index (χ1v) is 5.35. The van der Waals surface area contributed by atoms with Crippen LogP contribution in [0, 0.1) is 0 Å². The molecule has 0 saturated carbocycles. The van der Waals surface area contributed by atoms with Crippen LogP contribution in [-0.2, 0) is 11.4 Å². The van der Waals surface area contributed by atoms with E-state index in [9.17, 15) is 0 Å². The molecule has 0 radical (unpaired) electrons. The molecule has 0 amide bonds. The molecule has 1 rings (SSSR count). The molecule has 1 aromatic carbocycles. The summed E-state index contributed by atoms with van der Waals surface area (Å²) in [7, 11) is 3.13. The molecule has 90 valence electrons. The fourth-order valence-corrected chi connectivity index (χ4v) is 1.62. The van der Waals surface area contributed by atoms with Crippen molar-refractivity contribution in [2.24, 2.45) is 0 Å². The van der Waals surface area contributed by atoms with Gasteiger partial charge in [-0.25, -0.2) is 0 Å². The van der Waals surface area contributed by atoms with E-state index in [2.05, 4.69) is 5.48 Å². The van der Waals surface area contributed by atoms with Gasteiger partial charge in [0.2, 0.25) is 0 Å². The van der Waals surface area contributed by atoms with Crippen molar-refractivity contribution >= 4 is 11.6 Å². The Hall–Kier alpha value is -0.970. The van der Waals surface area contributed by atoms with Gasteiger partial charge in [0.05, 0.1) is 25.8 Å². The summed E-state index contributed by atoms with van der Waals surface area (Å²) in [5, 5.41) is 0.523. The molecule has 5 heteroatoms. The summed E-state index contributed by atoms with van der Waals surface area (Å²) in [6.45, 7) is 3.09. The molecule has 0 atom stereocenters. The highest BCUT2D eigenvalue weighted by atomic mass is 35.5. The van der Waals surface area contributed by atoms with Gasteiger partial charge in [0.25, 0.3) is 0 Å². The van der Waals surface area contributed by atoms with Crippen LogP contribution in [0.1, 0.15) is 12.5 Å². The van der Waals surface area contributed by atoms with Crippen molar-refractivity contribution in [3.8, 4) is 11.5 Å². The number of ether oxygens (including phenoxy) is 2. The van der Waals surface area contributed by atoms with E-state index < -0.39 is 0 Å². The number of hydrogen-bond donors (Lipinski definition) is 1. The minimum absolute atomic E-state index is 0.523. The van der Waals surface area contributed by atoms with E-state index in [4.69, 9.17) is 25.9 Å². The van der Waals surface area contributed by atoms with Crippen LogP contribution >= 0.6 is 11.6 Å². The third kappa shape index (κ3) is 3.27. The van der Waals surface area contributed by atoms with Gasteiger partial charge in [0.1, 0.15) is 0 Å². The zero-order valence-electron chi connectivity index (χ0n) is 9.67. The molecule has 0 aliphatic heterocycles. The fourth-order valence-electron chi connectivity index (χ4n) is 1.31. The Bertz CT molecular complexity index is 344. The van der Waals surface area contributed by atoms with Crippen molar-refractivity contribution in [1.82, 2.24) is 5.48 Å². The molecule has 0 heterocycles. The first-order chi connectivity index (χ1) is 7.72. The van der Waals surface area contributed by atoms with Gasteiger partial charge in [0.15, 0.2) is 11.5 Å². The van der Waals surface area contributed by atoms with Crippen LogP contribution in [0.4, 0.5) is 0 Å². The maximum Gasteiger partial charge on any atom is 0.179 e. The maximum absolute atomic E-state index is 6.05. The lowest BCUT2D eigenvalue weighted by molar-refractivity contribution is 0.0463. The van der Waals surface area contributed by atoms with E-state index in [-0.39, 0.29) is 0 Å². The predicted octanol–water partition coefficient (Wildman–Crippen LogP) is 2.40. The Balaban J connectivity index is 2.83. The summed E-state index contributed by atoms with van der Waals surface area (Å²) in [4.78, 5) is 5.04. The monoisotopic (exact) mass is 245 g/mol. The highest BCUT2D eigenvalue weighted by Gasteiger charge is 2.10. The molecule has 0 unspecified atom stereocenters. The van der Waals surface area contributed by atoms with Gasteiger partial charge < -0.3 is 14.3 Å². The van der Waals surface area contributed by atoms with Crippen molar-refractivity contribution in [1.29, 1.82) is 0 Å². The molecule has 0 fully saturated rings. The molecule has 1 N–H and O–H groups in total. The number of hydrogen-bond acceptors (Lipinski definition) is 4. The van der Waals surface area contributed by atoms with E-state index in [1.807, 2.05) is 19.1 Å². The zero-order valence-corrected chi connectivity index (χ0v) is 10.4. The Morgan fingerprint density at radius 1 is 1.25 bits per heavy atom. The van der Waals surface area contributed by atoms with Crippen molar-refractivity contribution in [2.75, 3.05) is 20.8 Å². The minimum atomic E-state index is 0.523. The first-order valence-electron chi connectivity index (χ1n) is 4.98. The van der Waals surface area contributed by atoms with E-state index in [0.717, 1.165) is 5.56 Å². The van der Waals surface area contributed by atoms with Gasteiger partial charge in [-0.1, -0.05) is 11.6 Å². The second-order valence-electron chi connectivity index (χ2n) is 3.07. The second kappa shape index (κ2) is 6.58. The number of halogens is 1. The molecular weight excluding hydrogens is 230 g/mol. The van der Waals surface area contributed by atoms with Gasteiger partial charge in [-0.15, -0.1) is 0 Å². The molecular formula is C11H16ClNO3. The van der Waals surface area contributed by atoms with E-state index in [0.29, 0.717) is 29.7 Å². The zero-order chi connectivity index (χ0) is 12.0. The van der Waals surface area contributed by atoms with Crippen LogP contribution in [0.25, 0.3) is 0 Å². The van der Waals surface area contributed by atoms with E-state index >= 15 is 0 Å². The van der Waals surface area contributed by atoms with Crippen molar-refractivity contribution < 1.29 is 14.3 Å². The van der Waals surface area contributed by atoms with Crippen LogP contribution in [0.2, 0.25) is 5.02 Å². The van der Waals surface area contributed by atoms with E-state index in [1.165, 1.54) is 0 Å². The number of rotatable bonds is 6. The normalized spacial score (nSPS) is 10.2. The lowest BCUT2D eigenvalue weighted by Crippen LogP contribution is -2.13. The summed E-state index contributed by atoms with van der Waals surface area (Å²) in [5.41, 5.74) is 3.78. The standard InChI is InChI=1S/C11H16ClNO3/c1-4-16-13-7-8-5-9(12)11(15-3)10(6-8)14-2/h5-6,13H,4,7H2,1-3H3. The average molecular weight is 246 g/mol. The SMILES string of the molecule is CCONCc1cc(Cl)c(OC)c(OC)c1. The third-order valence-corrected chi connectivity index (χ3v) is 2.30. The van der Waals surface area contributed by atoms with Gasteiger partial charge in [-0.3, -0.25) is 0 Å². The number of hydroxylamine groups is 1. The van der Waals surface area contributed by atoms with Crippen LogP contribution in [0.5, 0.6) is 11.5 Å². The second-order valence-corrected chi connectivity index (χ2v) is 3.47. The van der Waals surface area contributed by atoms with Gasteiger partial charge in [-0.2, -0.15) is 5.48 Å². The third-order valence-electron chi connectivity index (χ3n) is 2.02. The van der Waals surface area contributed by atoms with Crippen LogP contribution in [-0.4, -0.2) is 20.8 Å². The summed E-state index contributed by atoms with van der Waals surface area (Å²) >= 11 is 6.05.